The first-order valence-electron chi connectivity index (χ1n) is 7.76. The smallest absolute Gasteiger partial charge is 0.337 e. The van der Waals surface area contributed by atoms with Crippen LogP contribution in [0.15, 0.2) is 29.4 Å². The van der Waals surface area contributed by atoms with Crippen molar-refractivity contribution in [3.63, 3.8) is 0 Å². The van der Waals surface area contributed by atoms with Gasteiger partial charge in [-0.05, 0) is 25.1 Å². The SMILES string of the molecule is COC(=O)CSc1nnc(N)n1C(C)C(=O)Nc1cccc(C(=O)OC)c1. The van der Waals surface area contributed by atoms with E-state index in [1.807, 2.05) is 0 Å². The van der Waals surface area contributed by atoms with Crippen LogP contribution in [0, 0.1) is 0 Å². The number of hydrogen-bond acceptors (Lipinski definition) is 9. The van der Waals surface area contributed by atoms with Crippen molar-refractivity contribution in [1.29, 1.82) is 0 Å². The van der Waals surface area contributed by atoms with Crippen LogP contribution in [-0.2, 0) is 19.1 Å². The lowest BCUT2D eigenvalue weighted by Crippen LogP contribution is -2.25. The van der Waals surface area contributed by atoms with Gasteiger partial charge < -0.3 is 20.5 Å². The van der Waals surface area contributed by atoms with E-state index < -0.39 is 23.9 Å². The number of nitrogens with one attached hydrogen (secondary N) is 1. The van der Waals surface area contributed by atoms with Crippen molar-refractivity contribution in [3.8, 4) is 0 Å². The Bertz CT molecular complexity index is 853. The number of hydrogen-bond donors (Lipinski definition) is 2. The van der Waals surface area contributed by atoms with Gasteiger partial charge in [0.1, 0.15) is 6.04 Å². The van der Waals surface area contributed by atoms with E-state index >= 15 is 0 Å². The summed E-state index contributed by atoms with van der Waals surface area (Å²) < 4.78 is 10.6. The van der Waals surface area contributed by atoms with E-state index in [9.17, 15) is 14.4 Å². The quantitative estimate of drug-likeness (QED) is 0.523. The molecule has 0 saturated carbocycles. The van der Waals surface area contributed by atoms with Crippen LogP contribution in [0.5, 0.6) is 0 Å². The molecule has 1 heterocycles. The van der Waals surface area contributed by atoms with Gasteiger partial charge in [-0.2, -0.15) is 0 Å². The number of methoxy groups -OCH3 is 2. The number of aromatic nitrogens is 3. The third-order valence-electron chi connectivity index (χ3n) is 3.56. The Morgan fingerprint density at radius 3 is 2.67 bits per heavy atom. The maximum absolute atomic E-state index is 12.6. The first-order valence-corrected chi connectivity index (χ1v) is 8.75. The van der Waals surface area contributed by atoms with Gasteiger partial charge in [0, 0.05) is 5.69 Å². The van der Waals surface area contributed by atoms with Gasteiger partial charge in [-0.1, -0.05) is 17.8 Å². The summed E-state index contributed by atoms with van der Waals surface area (Å²) in [6.07, 6.45) is 0. The maximum Gasteiger partial charge on any atom is 0.337 e. The van der Waals surface area contributed by atoms with Crippen molar-refractivity contribution >= 4 is 41.2 Å². The third kappa shape index (κ3) is 4.97. The molecule has 0 spiro atoms. The topological polar surface area (TPSA) is 138 Å². The summed E-state index contributed by atoms with van der Waals surface area (Å²) in [5.41, 5.74) is 6.54. The van der Waals surface area contributed by atoms with Crippen molar-refractivity contribution < 1.29 is 23.9 Å². The number of amides is 1. The molecule has 3 N–H and O–H groups in total. The zero-order chi connectivity index (χ0) is 20.0. The van der Waals surface area contributed by atoms with Gasteiger partial charge in [-0.15, -0.1) is 10.2 Å². The minimum Gasteiger partial charge on any atom is -0.468 e. The Morgan fingerprint density at radius 2 is 2.00 bits per heavy atom. The second-order valence-corrected chi connectivity index (χ2v) is 6.26. The molecule has 10 nitrogen and oxygen atoms in total. The largest absolute Gasteiger partial charge is 0.468 e. The van der Waals surface area contributed by atoms with Crippen LogP contribution >= 0.6 is 11.8 Å². The van der Waals surface area contributed by atoms with Gasteiger partial charge in [-0.25, -0.2) is 4.79 Å². The van der Waals surface area contributed by atoms with Crippen LogP contribution in [0.4, 0.5) is 11.6 Å². The highest BCUT2D eigenvalue weighted by Gasteiger charge is 2.23. The molecule has 144 valence electrons. The Kier molecular flexibility index (Phi) is 6.77. The first-order chi connectivity index (χ1) is 12.9. The van der Waals surface area contributed by atoms with E-state index in [1.54, 1.807) is 25.1 Å². The van der Waals surface area contributed by atoms with Crippen LogP contribution in [0.3, 0.4) is 0 Å². The summed E-state index contributed by atoms with van der Waals surface area (Å²) in [7, 11) is 2.55. The molecule has 0 aliphatic rings. The molecule has 1 unspecified atom stereocenters. The lowest BCUT2D eigenvalue weighted by molar-refractivity contribution is -0.137. The number of nitrogens with two attached hydrogens (primary N) is 1. The lowest BCUT2D eigenvalue weighted by atomic mass is 10.2. The molecule has 1 aromatic carbocycles. The van der Waals surface area contributed by atoms with E-state index in [2.05, 4.69) is 25.0 Å². The molecule has 0 aliphatic carbocycles. The van der Waals surface area contributed by atoms with Crippen molar-refractivity contribution in [1.82, 2.24) is 14.8 Å². The van der Waals surface area contributed by atoms with Crippen LogP contribution in [0.2, 0.25) is 0 Å². The molecule has 1 amide bonds. The van der Waals surface area contributed by atoms with Gasteiger partial charge in [0.25, 0.3) is 0 Å². The van der Waals surface area contributed by atoms with Crippen LogP contribution in [0.25, 0.3) is 0 Å². The molecule has 2 aromatic rings. The zero-order valence-corrected chi connectivity index (χ0v) is 15.8. The molecule has 1 atom stereocenters. The van der Waals surface area contributed by atoms with Crippen molar-refractivity contribution in [2.75, 3.05) is 31.0 Å². The molecule has 2 rings (SSSR count). The number of rotatable bonds is 7. The number of ether oxygens (including phenoxy) is 2. The van der Waals surface area contributed by atoms with E-state index in [4.69, 9.17) is 5.73 Å². The van der Waals surface area contributed by atoms with Gasteiger partial charge in [-0.3, -0.25) is 14.2 Å². The van der Waals surface area contributed by atoms with Crippen LogP contribution < -0.4 is 11.1 Å². The third-order valence-corrected chi connectivity index (χ3v) is 4.47. The van der Waals surface area contributed by atoms with E-state index in [-0.39, 0.29) is 11.7 Å². The Labute approximate surface area is 159 Å². The highest BCUT2D eigenvalue weighted by Crippen LogP contribution is 2.24. The molecule has 0 saturated heterocycles. The fourth-order valence-corrected chi connectivity index (χ4v) is 2.99. The van der Waals surface area contributed by atoms with Gasteiger partial charge in [0.15, 0.2) is 5.16 Å². The Hall–Kier alpha value is -3.08. The summed E-state index contributed by atoms with van der Waals surface area (Å²) in [5, 5.41) is 10.6. The molecule has 0 aliphatic heterocycles. The van der Waals surface area contributed by atoms with E-state index in [0.29, 0.717) is 16.4 Å². The zero-order valence-electron chi connectivity index (χ0n) is 15.0. The average molecular weight is 393 g/mol. The predicted molar refractivity (Wildman–Crippen MR) is 98.3 cm³/mol. The molecule has 27 heavy (non-hydrogen) atoms. The van der Waals surface area contributed by atoms with E-state index in [1.165, 1.54) is 24.9 Å². The van der Waals surface area contributed by atoms with Crippen molar-refractivity contribution in [2.24, 2.45) is 0 Å². The molecule has 0 fully saturated rings. The highest BCUT2D eigenvalue weighted by molar-refractivity contribution is 7.99. The summed E-state index contributed by atoms with van der Waals surface area (Å²) in [4.78, 5) is 35.5. The fraction of sp³-hybridized carbons (Fsp3) is 0.312. The number of esters is 2. The summed E-state index contributed by atoms with van der Waals surface area (Å²) in [6.45, 7) is 1.61. The number of thioether (sulfide) groups is 1. The number of nitrogens with zero attached hydrogens (tertiary/aromatic N) is 3. The van der Waals surface area contributed by atoms with Crippen molar-refractivity contribution in [2.45, 2.75) is 18.1 Å². The molecular weight excluding hydrogens is 374 g/mol. The minimum absolute atomic E-state index is 0.00411. The van der Waals surface area contributed by atoms with Crippen LogP contribution in [0.1, 0.15) is 23.3 Å². The number of carbonyl (C=O) groups is 3. The number of benzene rings is 1. The normalized spacial score (nSPS) is 11.5. The maximum atomic E-state index is 12.6. The van der Waals surface area contributed by atoms with Gasteiger partial charge >= 0.3 is 11.9 Å². The first kappa shape index (κ1) is 20.2. The number of carbonyl (C=O) groups excluding carboxylic acids is 3. The summed E-state index contributed by atoms with van der Waals surface area (Å²) >= 11 is 1.06. The number of anilines is 2. The van der Waals surface area contributed by atoms with Gasteiger partial charge in [0.05, 0.1) is 25.5 Å². The summed E-state index contributed by atoms with van der Waals surface area (Å²) in [5.74, 6) is -1.31. The monoisotopic (exact) mass is 393 g/mol. The van der Waals surface area contributed by atoms with Crippen molar-refractivity contribution in [3.05, 3.63) is 29.8 Å². The molecule has 1 aromatic heterocycles. The second-order valence-electron chi connectivity index (χ2n) is 5.31. The van der Waals surface area contributed by atoms with E-state index in [0.717, 1.165) is 11.8 Å². The molecule has 0 radical (unpaired) electrons. The minimum atomic E-state index is -0.762. The Balaban J connectivity index is 2.15. The lowest BCUT2D eigenvalue weighted by Gasteiger charge is -2.16. The highest BCUT2D eigenvalue weighted by atomic mass is 32.2. The van der Waals surface area contributed by atoms with Crippen LogP contribution in [-0.4, -0.2) is 52.6 Å². The standard InChI is InChI=1S/C16H19N5O5S/c1-9(21-15(17)19-20-16(21)27-8-12(22)25-2)13(23)18-11-6-4-5-10(7-11)14(24)26-3/h4-7,9H,8H2,1-3H3,(H2,17,19)(H,18,23). The second kappa shape index (κ2) is 9.03. The molecule has 0 bridgehead atoms. The predicted octanol–water partition coefficient (Wildman–Crippen LogP) is 1.11. The molecular formula is C16H19N5O5S. The average Bonchev–Trinajstić information content (AvgIpc) is 3.05. The Morgan fingerprint density at radius 1 is 1.26 bits per heavy atom. The fourth-order valence-electron chi connectivity index (χ4n) is 2.14. The molecule has 11 heteroatoms. The van der Waals surface area contributed by atoms with Gasteiger partial charge in [0.2, 0.25) is 11.9 Å². The summed E-state index contributed by atoms with van der Waals surface area (Å²) in [6, 6.07) is 5.57. The number of nitrogen functional groups attached to an aromatic ring is 1.